The number of carbonyl (C=O) groups is 1. The molecule has 0 aliphatic heterocycles. The number of nitrogens with one attached hydrogen (secondary N) is 1. The third-order valence-electron chi connectivity index (χ3n) is 4.02. The lowest BCUT2D eigenvalue weighted by Crippen LogP contribution is -2.26. The number of carboxylic acid groups (broad SMARTS) is 1. The summed E-state index contributed by atoms with van der Waals surface area (Å²) in [6, 6.07) is 1.80. The number of hydrogen-bond acceptors (Lipinski definition) is 3. The number of aromatic carboxylic acids is 1. The van der Waals surface area contributed by atoms with Gasteiger partial charge in [-0.15, -0.1) is 11.3 Å². The summed E-state index contributed by atoms with van der Waals surface area (Å²) in [4.78, 5) is 12.5. The Morgan fingerprint density at radius 2 is 2.32 bits per heavy atom. The second-order valence-electron chi connectivity index (χ2n) is 5.77. The van der Waals surface area contributed by atoms with Gasteiger partial charge < -0.3 is 10.4 Å². The van der Waals surface area contributed by atoms with Crippen LogP contribution >= 0.6 is 11.3 Å². The first-order valence-electron chi connectivity index (χ1n) is 7.09. The molecule has 1 fully saturated rings. The fourth-order valence-corrected chi connectivity index (χ4v) is 3.84. The molecule has 0 saturated heterocycles. The van der Waals surface area contributed by atoms with Crippen LogP contribution in [0.1, 0.15) is 52.7 Å². The molecule has 1 aliphatic carbocycles. The molecule has 0 radical (unpaired) electrons. The van der Waals surface area contributed by atoms with E-state index in [2.05, 4.69) is 12.2 Å². The second-order valence-corrected chi connectivity index (χ2v) is 7.02. The topological polar surface area (TPSA) is 49.3 Å². The number of aryl methyl sites for hydroxylation is 1. The Kier molecular flexibility index (Phi) is 4.99. The number of thiophene rings is 1. The Bertz CT molecular complexity index is 441. The van der Waals surface area contributed by atoms with Crippen LogP contribution in [0.25, 0.3) is 0 Å². The molecule has 2 atom stereocenters. The quantitative estimate of drug-likeness (QED) is 0.865. The third-order valence-corrected chi connectivity index (χ3v) is 5.11. The van der Waals surface area contributed by atoms with Gasteiger partial charge >= 0.3 is 5.97 Å². The van der Waals surface area contributed by atoms with Crippen molar-refractivity contribution < 1.29 is 9.90 Å². The molecule has 0 aromatic carbocycles. The summed E-state index contributed by atoms with van der Waals surface area (Å²) in [6.07, 6.45) is 5.40. The van der Waals surface area contributed by atoms with E-state index in [0.29, 0.717) is 4.88 Å². The van der Waals surface area contributed by atoms with E-state index in [-0.39, 0.29) is 0 Å². The Hall–Kier alpha value is -0.870. The standard InChI is InChI=1S/C15H23NO2S/c1-10-4-3-5-12(6-10)8-16-9-13-7-14(15(17)18)19-11(13)2/h7,10,12,16H,3-6,8-9H2,1-2H3,(H,17,18). The highest BCUT2D eigenvalue weighted by Gasteiger charge is 2.18. The zero-order valence-corrected chi connectivity index (χ0v) is 12.6. The van der Waals surface area contributed by atoms with E-state index in [9.17, 15) is 4.79 Å². The maximum atomic E-state index is 10.9. The van der Waals surface area contributed by atoms with E-state index >= 15 is 0 Å². The molecule has 0 spiro atoms. The van der Waals surface area contributed by atoms with Crippen LogP contribution in [0, 0.1) is 18.8 Å². The lowest BCUT2D eigenvalue weighted by Gasteiger charge is -2.26. The summed E-state index contributed by atoms with van der Waals surface area (Å²) in [5, 5.41) is 12.5. The summed E-state index contributed by atoms with van der Waals surface area (Å²) in [6.45, 7) is 6.19. The third kappa shape index (κ3) is 4.05. The van der Waals surface area contributed by atoms with Crippen molar-refractivity contribution in [2.45, 2.75) is 46.1 Å². The monoisotopic (exact) mass is 281 g/mol. The Morgan fingerprint density at radius 1 is 1.53 bits per heavy atom. The van der Waals surface area contributed by atoms with E-state index in [1.807, 2.05) is 6.92 Å². The lowest BCUT2D eigenvalue weighted by atomic mass is 9.82. The summed E-state index contributed by atoms with van der Waals surface area (Å²) in [7, 11) is 0. The van der Waals surface area contributed by atoms with Crippen LogP contribution in [0.2, 0.25) is 0 Å². The predicted molar refractivity (Wildman–Crippen MR) is 78.8 cm³/mol. The van der Waals surface area contributed by atoms with Crippen molar-refractivity contribution in [3.05, 3.63) is 21.4 Å². The van der Waals surface area contributed by atoms with Gasteiger partial charge in [0, 0.05) is 11.4 Å². The smallest absolute Gasteiger partial charge is 0.345 e. The highest BCUT2D eigenvalue weighted by atomic mass is 32.1. The first-order chi connectivity index (χ1) is 9.06. The van der Waals surface area contributed by atoms with Crippen LogP contribution in [0.5, 0.6) is 0 Å². The minimum absolute atomic E-state index is 0.445. The molecular weight excluding hydrogens is 258 g/mol. The molecule has 4 heteroatoms. The first-order valence-corrected chi connectivity index (χ1v) is 7.91. The molecule has 2 rings (SSSR count). The second kappa shape index (κ2) is 6.53. The molecule has 1 heterocycles. The van der Waals surface area contributed by atoms with E-state index in [1.165, 1.54) is 37.0 Å². The number of carboxylic acids is 1. The van der Waals surface area contributed by atoms with Gasteiger partial charge in [0.2, 0.25) is 0 Å². The maximum absolute atomic E-state index is 10.9. The largest absolute Gasteiger partial charge is 0.477 e. The van der Waals surface area contributed by atoms with Crippen molar-refractivity contribution in [1.29, 1.82) is 0 Å². The predicted octanol–water partition coefficient (Wildman–Crippen LogP) is 3.67. The first kappa shape index (κ1) is 14.5. The van der Waals surface area contributed by atoms with Crippen molar-refractivity contribution in [3.8, 4) is 0 Å². The van der Waals surface area contributed by atoms with Crippen molar-refractivity contribution in [3.63, 3.8) is 0 Å². The highest BCUT2D eigenvalue weighted by Crippen LogP contribution is 2.28. The van der Waals surface area contributed by atoms with Gasteiger partial charge in [-0.3, -0.25) is 0 Å². The molecule has 3 nitrogen and oxygen atoms in total. The molecular formula is C15H23NO2S. The summed E-state index contributed by atoms with van der Waals surface area (Å²) >= 11 is 1.37. The van der Waals surface area contributed by atoms with Crippen molar-refractivity contribution in [2.24, 2.45) is 11.8 Å². The van der Waals surface area contributed by atoms with Gasteiger partial charge in [-0.05, 0) is 49.8 Å². The van der Waals surface area contributed by atoms with Gasteiger partial charge in [0.15, 0.2) is 0 Å². The number of hydrogen-bond donors (Lipinski definition) is 2. The Labute approximate surface area is 119 Å². The van der Waals surface area contributed by atoms with E-state index in [1.54, 1.807) is 6.07 Å². The van der Waals surface area contributed by atoms with Crippen LogP contribution in [-0.2, 0) is 6.54 Å². The maximum Gasteiger partial charge on any atom is 0.345 e. The fraction of sp³-hybridized carbons (Fsp3) is 0.667. The molecule has 1 aromatic heterocycles. The summed E-state index contributed by atoms with van der Waals surface area (Å²) in [5.74, 6) is 0.837. The average Bonchev–Trinajstić information content (AvgIpc) is 2.71. The van der Waals surface area contributed by atoms with Crippen molar-refractivity contribution >= 4 is 17.3 Å². The average molecular weight is 281 g/mol. The molecule has 1 saturated carbocycles. The molecule has 0 amide bonds. The molecule has 2 unspecified atom stereocenters. The molecule has 2 N–H and O–H groups in total. The Balaban J connectivity index is 1.80. The van der Waals surface area contributed by atoms with E-state index < -0.39 is 5.97 Å². The fourth-order valence-electron chi connectivity index (χ4n) is 2.96. The van der Waals surface area contributed by atoms with Gasteiger partial charge in [-0.2, -0.15) is 0 Å². The van der Waals surface area contributed by atoms with E-state index in [0.717, 1.165) is 35.4 Å². The van der Waals surface area contributed by atoms with Crippen LogP contribution in [0.4, 0.5) is 0 Å². The van der Waals surface area contributed by atoms with Gasteiger partial charge in [-0.25, -0.2) is 4.79 Å². The van der Waals surface area contributed by atoms with Crippen LogP contribution in [0.3, 0.4) is 0 Å². The SMILES string of the molecule is Cc1sc(C(=O)O)cc1CNCC1CCCC(C)C1. The van der Waals surface area contributed by atoms with Gasteiger partial charge in [-0.1, -0.05) is 19.8 Å². The summed E-state index contributed by atoms with van der Waals surface area (Å²) in [5.41, 5.74) is 1.13. The van der Waals surface area contributed by atoms with Crippen LogP contribution < -0.4 is 5.32 Å². The zero-order valence-electron chi connectivity index (χ0n) is 11.7. The van der Waals surface area contributed by atoms with Crippen molar-refractivity contribution in [1.82, 2.24) is 5.32 Å². The van der Waals surface area contributed by atoms with E-state index in [4.69, 9.17) is 5.11 Å². The Morgan fingerprint density at radius 3 is 2.95 bits per heavy atom. The minimum atomic E-state index is -0.819. The van der Waals surface area contributed by atoms with Gasteiger partial charge in [0.1, 0.15) is 4.88 Å². The molecule has 1 aliphatic rings. The minimum Gasteiger partial charge on any atom is -0.477 e. The lowest BCUT2D eigenvalue weighted by molar-refractivity contribution is 0.0702. The van der Waals surface area contributed by atoms with Crippen LogP contribution in [0.15, 0.2) is 6.07 Å². The number of rotatable bonds is 5. The van der Waals surface area contributed by atoms with Crippen molar-refractivity contribution in [2.75, 3.05) is 6.54 Å². The van der Waals surface area contributed by atoms with Gasteiger partial charge in [0.25, 0.3) is 0 Å². The molecule has 19 heavy (non-hydrogen) atoms. The van der Waals surface area contributed by atoms with Crippen LogP contribution in [-0.4, -0.2) is 17.6 Å². The normalized spacial score (nSPS) is 23.5. The molecule has 1 aromatic rings. The zero-order chi connectivity index (χ0) is 13.8. The molecule has 0 bridgehead atoms. The van der Waals surface area contributed by atoms with Gasteiger partial charge in [0.05, 0.1) is 0 Å². The highest BCUT2D eigenvalue weighted by molar-refractivity contribution is 7.14. The summed E-state index contributed by atoms with van der Waals surface area (Å²) < 4.78 is 0. The molecule has 106 valence electrons.